The average Bonchev–Trinajstić information content (AvgIpc) is 3.09. The maximum absolute atomic E-state index is 13.8. The summed E-state index contributed by atoms with van der Waals surface area (Å²) in [5.74, 6) is -0.683. The van der Waals surface area contributed by atoms with Gasteiger partial charge in [0, 0.05) is 31.4 Å². The van der Waals surface area contributed by atoms with Gasteiger partial charge in [-0.1, -0.05) is 0 Å². The topological polar surface area (TPSA) is 47.1 Å². The molecule has 0 amide bonds. The smallest absolute Gasteiger partial charge is 0.151 e. The third-order valence-electron chi connectivity index (χ3n) is 4.24. The molecule has 118 valence electrons. The first-order chi connectivity index (χ1) is 10.5. The molecule has 0 bridgehead atoms. The van der Waals surface area contributed by atoms with Gasteiger partial charge in [-0.25, -0.2) is 13.5 Å². The monoisotopic (exact) mass is 306 g/mol. The van der Waals surface area contributed by atoms with Crippen LogP contribution >= 0.6 is 0 Å². The Morgan fingerprint density at radius 2 is 2.18 bits per heavy atom. The molecule has 1 aromatic carbocycles. The van der Waals surface area contributed by atoms with E-state index in [0.29, 0.717) is 5.92 Å². The van der Waals surface area contributed by atoms with Crippen LogP contribution in [-0.4, -0.2) is 33.8 Å². The van der Waals surface area contributed by atoms with Crippen LogP contribution in [0, 0.1) is 17.6 Å². The largest absolute Gasteiger partial charge is 0.328 e. The van der Waals surface area contributed by atoms with Gasteiger partial charge in [0.05, 0.1) is 5.69 Å². The zero-order valence-electron chi connectivity index (χ0n) is 12.5. The molecule has 0 aliphatic carbocycles. The zero-order valence-corrected chi connectivity index (χ0v) is 12.5. The van der Waals surface area contributed by atoms with E-state index in [1.807, 2.05) is 13.0 Å². The molecule has 1 saturated heterocycles. The van der Waals surface area contributed by atoms with Crippen molar-refractivity contribution >= 4 is 0 Å². The van der Waals surface area contributed by atoms with Gasteiger partial charge in [0.1, 0.15) is 11.5 Å². The van der Waals surface area contributed by atoms with E-state index in [9.17, 15) is 8.78 Å². The quantitative estimate of drug-likeness (QED) is 0.943. The van der Waals surface area contributed by atoms with E-state index in [-0.39, 0.29) is 11.7 Å². The van der Waals surface area contributed by atoms with Gasteiger partial charge in [-0.2, -0.15) is 5.10 Å². The zero-order chi connectivity index (χ0) is 15.7. The Bertz CT molecular complexity index is 653. The first-order valence-electron chi connectivity index (χ1n) is 7.51. The summed E-state index contributed by atoms with van der Waals surface area (Å²) in [6.07, 6.45) is 2.80. The number of hydrogen-bond donors (Lipinski definition) is 1. The van der Waals surface area contributed by atoms with Crippen molar-refractivity contribution in [3.63, 3.8) is 0 Å². The van der Waals surface area contributed by atoms with E-state index >= 15 is 0 Å². The van der Waals surface area contributed by atoms with Crippen molar-refractivity contribution in [3.05, 3.63) is 47.8 Å². The normalized spacial score (nSPS) is 20.5. The number of benzene rings is 1. The molecule has 1 aliphatic rings. The van der Waals surface area contributed by atoms with Crippen LogP contribution in [-0.2, 0) is 6.54 Å². The van der Waals surface area contributed by atoms with E-state index in [4.69, 9.17) is 5.73 Å². The summed E-state index contributed by atoms with van der Waals surface area (Å²) in [5, 5.41) is 4.39. The number of nitrogens with zero attached hydrogens (tertiary/aromatic N) is 3. The third kappa shape index (κ3) is 3.18. The van der Waals surface area contributed by atoms with Crippen LogP contribution in [0.4, 0.5) is 8.78 Å². The van der Waals surface area contributed by atoms with E-state index in [1.165, 1.54) is 16.8 Å². The first kappa shape index (κ1) is 15.1. The highest BCUT2D eigenvalue weighted by atomic mass is 19.1. The molecule has 1 aliphatic heterocycles. The second-order valence-corrected chi connectivity index (χ2v) is 5.99. The molecule has 22 heavy (non-hydrogen) atoms. The molecule has 1 aromatic heterocycles. The van der Waals surface area contributed by atoms with E-state index in [2.05, 4.69) is 10.00 Å². The van der Waals surface area contributed by atoms with Gasteiger partial charge in [-0.05, 0) is 44.0 Å². The maximum atomic E-state index is 13.8. The predicted molar refractivity (Wildman–Crippen MR) is 80.5 cm³/mol. The van der Waals surface area contributed by atoms with Gasteiger partial charge in [0.2, 0.25) is 0 Å². The molecule has 6 heteroatoms. The standard InChI is InChI=1S/C16H20F2N4/c1-11(19)12-4-6-21(9-12)10-14-5-7-22(20-14)16-3-2-13(17)8-15(16)18/h2-3,5,7-8,11-12H,4,6,9-10,19H2,1H3. The number of rotatable bonds is 4. The maximum Gasteiger partial charge on any atom is 0.151 e. The fraction of sp³-hybridized carbons (Fsp3) is 0.438. The predicted octanol–water partition coefficient (Wildman–Crippen LogP) is 2.32. The van der Waals surface area contributed by atoms with E-state index < -0.39 is 11.6 Å². The summed E-state index contributed by atoms with van der Waals surface area (Å²) >= 11 is 0. The minimum atomic E-state index is -0.618. The van der Waals surface area contributed by atoms with Crippen LogP contribution in [0.5, 0.6) is 0 Å². The van der Waals surface area contributed by atoms with Crippen molar-refractivity contribution in [1.82, 2.24) is 14.7 Å². The van der Waals surface area contributed by atoms with Crippen molar-refractivity contribution in [2.24, 2.45) is 11.7 Å². The van der Waals surface area contributed by atoms with Crippen molar-refractivity contribution < 1.29 is 8.78 Å². The highest BCUT2D eigenvalue weighted by Crippen LogP contribution is 2.21. The summed E-state index contributed by atoms with van der Waals surface area (Å²) in [6, 6.07) is 5.55. The summed E-state index contributed by atoms with van der Waals surface area (Å²) in [7, 11) is 0. The summed E-state index contributed by atoms with van der Waals surface area (Å²) in [5.41, 5.74) is 7.07. The Morgan fingerprint density at radius 1 is 1.36 bits per heavy atom. The van der Waals surface area contributed by atoms with Gasteiger partial charge in [0.15, 0.2) is 5.82 Å². The Labute approximate surface area is 128 Å². The second-order valence-electron chi connectivity index (χ2n) is 5.99. The molecule has 2 N–H and O–H groups in total. The van der Waals surface area contributed by atoms with Crippen LogP contribution in [0.3, 0.4) is 0 Å². The number of hydrogen-bond acceptors (Lipinski definition) is 3. The van der Waals surface area contributed by atoms with Crippen LogP contribution in [0.2, 0.25) is 0 Å². The van der Waals surface area contributed by atoms with Crippen molar-refractivity contribution in [2.45, 2.75) is 25.9 Å². The number of aromatic nitrogens is 2. The van der Waals surface area contributed by atoms with Crippen LogP contribution in [0.1, 0.15) is 19.0 Å². The molecular formula is C16H20F2N4. The van der Waals surface area contributed by atoms with Gasteiger partial charge < -0.3 is 5.73 Å². The SMILES string of the molecule is CC(N)C1CCN(Cc2ccn(-c3ccc(F)cc3F)n2)C1. The lowest BCUT2D eigenvalue weighted by Gasteiger charge is -2.16. The molecule has 0 saturated carbocycles. The van der Waals surface area contributed by atoms with Crippen molar-refractivity contribution in [3.8, 4) is 5.69 Å². The van der Waals surface area contributed by atoms with Crippen molar-refractivity contribution in [2.75, 3.05) is 13.1 Å². The van der Waals surface area contributed by atoms with Gasteiger partial charge >= 0.3 is 0 Å². The molecule has 2 atom stereocenters. The van der Waals surface area contributed by atoms with Crippen LogP contribution < -0.4 is 5.73 Å². The number of halogens is 2. The molecule has 2 heterocycles. The lowest BCUT2D eigenvalue weighted by Crippen LogP contribution is -2.29. The van der Waals surface area contributed by atoms with E-state index in [0.717, 1.165) is 37.8 Å². The van der Waals surface area contributed by atoms with Crippen molar-refractivity contribution in [1.29, 1.82) is 0 Å². The lowest BCUT2D eigenvalue weighted by molar-refractivity contribution is 0.304. The Kier molecular flexibility index (Phi) is 4.22. The highest BCUT2D eigenvalue weighted by molar-refractivity contribution is 5.33. The molecule has 2 unspecified atom stereocenters. The molecule has 0 radical (unpaired) electrons. The Balaban J connectivity index is 1.69. The van der Waals surface area contributed by atoms with E-state index in [1.54, 1.807) is 6.20 Å². The fourth-order valence-electron chi connectivity index (χ4n) is 2.91. The summed E-state index contributed by atoms with van der Waals surface area (Å²) in [6.45, 7) is 4.73. The minimum Gasteiger partial charge on any atom is -0.328 e. The Hall–Kier alpha value is -1.79. The minimum absolute atomic E-state index is 0.205. The molecule has 0 spiro atoms. The van der Waals surface area contributed by atoms with Crippen LogP contribution in [0.15, 0.2) is 30.5 Å². The summed E-state index contributed by atoms with van der Waals surface area (Å²) < 4.78 is 28.2. The molecule has 3 rings (SSSR count). The fourth-order valence-corrected chi connectivity index (χ4v) is 2.91. The average molecular weight is 306 g/mol. The number of likely N-dealkylation sites (tertiary alicyclic amines) is 1. The van der Waals surface area contributed by atoms with Crippen LogP contribution in [0.25, 0.3) is 5.69 Å². The van der Waals surface area contributed by atoms with Gasteiger partial charge in [-0.15, -0.1) is 0 Å². The van der Waals surface area contributed by atoms with Gasteiger partial charge in [0.25, 0.3) is 0 Å². The van der Waals surface area contributed by atoms with Gasteiger partial charge in [-0.3, -0.25) is 4.90 Å². The lowest BCUT2D eigenvalue weighted by atomic mass is 10.0. The molecular weight excluding hydrogens is 286 g/mol. The Morgan fingerprint density at radius 3 is 2.86 bits per heavy atom. The molecule has 4 nitrogen and oxygen atoms in total. The molecule has 2 aromatic rings. The third-order valence-corrected chi connectivity index (χ3v) is 4.24. The number of nitrogens with two attached hydrogens (primary N) is 1. The highest BCUT2D eigenvalue weighted by Gasteiger charge is 2.25. The second kappa shape index (κ2) is 6.14. The first-order valence-corrected chi connectivity index (χ1v) is 7.51. The summed E-state index contributed by atoms with van der Waals surface area (Å²) in [4.78, 5) is 2.31. The molecule has 1 fully saturated rings.